The van der Waals surface area contributed by atoms with Gasteiger partial charge in [-0.3, -0.25) is 14.4 Å². The van der Waals surface area contributed by atoms with Crippen LogP contribution in [0.1, 0.15) is 33.6 Å². The summed E-state index contributed by atoms with van der Waals surface area (Å²) in [6.07, 6.45) is 1.87. The lowest BCUT2D eigenvalue weighted by atomic mass is 9.97. The summed E-state index contributed by atoms with van der Waals surface area (Å²) in [5.41, 5.74) is 4.08. The number of amides is 3. The fourth-order valence-electron chi connectivity index (χ4n) is 5.33. The molecule has 0 radical (unpaired) electrons. The number of halogens is 1. The van der Waals surface area contributed by atoms with Crippen molar-refractivity contribution in [2.45, 2.75) is 18.9 Å². The highest BCUT2D eigenvalue weighted by Crippen LogP contribution is 2.40. The molecule has 9 heteroatoms. The van der Waals surface area contributed by atoms with E-state index in [1.807, 2.05) is 41.3 Å². The quantitative estimate of drug-likeness (QED) is 0.200. The molecule has 0 spiro atoms. The van der Waals surface area contributed by atoms with Crippen molar-refractivity contribution in [3.05, 3.63) is 108 Å². The molecule has 0 atom stereocenters. The molecule has 5 aromatic rings. The van der Waals surface area contributed by atoms with E-state index in [0.717, 1.165) is 18.5 Å². The topological polar surface area (TPSA) is 101 Å². The molecule has 1 saturated carbocycles. The summed E-state index contributed by atoms with van der Waals surface area (Å²) in [6.45, 7) is -0.175. The van der Waals surface area contributed by atoms with Crippen LogP contribution in [0.25, 0.3) is 33.4 Å². The molecule has 4 aromatic carbocycles. The highest BCUT2D eigenvalue weighted by molar-refractivity contribution is 6.14. The minimum atomic E-state index is -0.418. The molecule has 3 amide bonds. The molecule has 6 rings (SSSR count). The van der Waals surface area contributed by atoms with Crippen molar-refractivity contribution in [3.8, 4) is 22.5 Å². The molecule has 0 saturated heterocycles. The summed E-state index contributed by atoms with van der Waals surface area (Å²) in [5, 5.41) is 6.03. The molecular formula is C35H30FN3O5. The second kappa shape index (κ2) is 12.1. The van der Waals surface area contributed by atoms with Gasteiger partial charge in [0, 0.05) is 54.0 Å². The minimum Gasteiger partial charge on any atom is -0.455 e. The Balaban J connectivity index is 1.50. The standard InChI is InChI=1S/C35H30FN3O5/c1-37-34(41)32-28-18-27(22-7-6-8-23(17-22)35(42)39(26-15-16-26)25-9-4-3-5-10-25)29(38-31(40)20-43-2)19-30(28)44-33(32)21-11-13-24(36)14-12-21/h3-14,17-19,26H,15-16,20H2,1-2H3,(H,37,41)(H,38,40). The summed E-state index contributed by atoms with van der Waals surface area (Å²) in [5.74, 6) is -1.06. The number of nitrogens with zero attached hydrogens (tertiary/aromatic N) is 1. The Labute approximate surface area is 253 Å². The van der Waals surface area contributed by atoms with Crippen LogP contribution in [0.3, 0.4) is 0 Å². The van der Waals surface area contributed by atoms with E-state index in [-0.39, 0.29) is 35.8 Å². The van der Waals surface area contributed by atoms with Gasteiger partial charge in [0.15, 0.2) is 0 Å². The third-order valence-electron chi connectivity index (χ3n) is 7.52. The van der Waals surface area contributed by atoms with E-state index in [1.54, 1.807) is 30.3 Å². The first kappa shape index (κ1) is 28.8. The monoisotopic (exact) mass is 591 g/mol. The highest BCUT2D eigenvalue weighted by atomic mass is 19.1. The molecule has 1 aliphatic carbocycles. The molecule has 0 aliphatic heterocycles. The number of carbonyl (C=O) groups excluding carboxylic acids is 3. The fraction of sp³-hybridized carbons (Fsp3) is 0.171. The molecule has 222 valence electrons. The van der Waals surface area contributed by atoms with E-state index in [4.69, 9.17) is 9.15 Å². The van der Waals surface area contributed by atoms with E-state index in [0.29, 0.717) is 38.9 Å². The zero-order valence-corrected chi connectivity index (χ0v) is 24.2. The molecule has 1 heterocycles. The Kier molecular flexibility index (Phi) is 7.95. The van der Waals surface area contributed by atoms with E-state index in [9.17, 15) is 18.8 Å². The summed E-state index contributed by atoms with van der Waals surface area (Å²) in [7, 11) is 2.94. The van der Waals surface area contributed by atoms with Crippen molar-refractivity contribution in [3.63, 3.8) is 0 Å². The summed E-state index contributed by atoms with van der Waals surface area (Å²) >= 11 is 0. The van der Waals surface area contributed by atoms with E-state index < -0.39 is 11.7 Å². The van der Waals surface area contributed by atoms with Crippen molar-refractivity contribution in [2.24, 2.45) is 0 Å². The van der Waals surface area contributed by atoms with Crippen LogP contribution in [0.5, 0.6) is 0 Å². The maximum atomic E-state index is 13.9. The SMILES string of the molecule is CNC(=O)c1c(-c2ccc(F)cc2)oc2cc(NC(=O)COC)c(-c3cccc(C(=O)N(c4ccccc4)C4CC4)c3)cc12. The third kappa shape index (κ3) is 5.69. The number of anilines is 2. The Bertz CT molecular complexity index is 1860. The van der Waals surface area contributed by atoms with E-state index >= 15 is 0 Å². The third-order valence-corrected chi connectivity index (χ3v) is 7.52. The number of hydrogen-bond acceptors (Lipinski definition) is 5. The predicted octanol–water partition coefficient (Wildman–Crippen LogP) is 6.66. The number of rotatable bonds is 9. The molecule has 44 heavy (non-hydrogen) atoms. The van der Waals surface area contributed by atoms with Crippen LogP contribution < -0.4 is 15.5 Å². The second-order valence-electron chi connectivity index (χ2n) is 10.6. The van der Waals surface area contributed by atoms with E-state index in [2.05, 4.69) is 10.6 Å². The Morgan fingerprint density at radius 1 is 0.932 bits per heavy atom. The maximum absolute atomic E-state index is 13.9. The van der Waals surface area contributed by atoms with Crippen LogP contribution in [0.2, 0.25) is 0 Å². The number of methoxy groups -OCH3 is 1. The van der Waals surface area contributed by atoms with Gasteiger partial charge in [0.2, 0.25) is 5.91 Å². The first-order valence-electron chi connectivity index (χ1n) is 14.2. The smallest absolute Gasteiger partial charge is 0.258 e. The summed E-state index contributed by atoms with van der Waals surface area (Å²) in [6, 6.07) is 26.0. The van der Waals surface area contributed by atoms with Crippen LogP contribution in [0, 0.1) is 5.82 Å². The van der Waals surface area contributed by atoms with Gasteiger partial charge in [0.05, 0.1) is 11.3 Å². The first-order valence-corrected chi connectivity index (χ1v) is 14.2. The van der Waals surface area contributed by atoms with Crippen LogP contribution in [0.4, 0.5) is 15.8 Å². The van der Waals surface area contributed by atoms with Gasteiger partial charge in [-0.1, -0.05) is 30.3 Å². The second-order valence-corrected chi connectivity index (χ2v) is 10.6. The van der Waals surface area contributed by atoms with Gasteiger partial charge in [0.1, 0.15) is 23.8 Å². The lowest BCUT2D eigenvalue weighted by Gasteiger charge is -2.23. The van der Waals surface area contributed by atoms with Gasteiger partial charge in [-0.2, -0.15) is 0 Å². The normalized spacial score (nSPS) is 12.6. The Morgan fingerprint density at radius 2 is 1.68 bits per heavy atom. The van der Waals surface area contributed by atoms with Crippen LogP contribution >= 0.6 is 0 Å². The summed E-state index contributed by atoms with van der Waals surface area (Å²) in [4.78, 5) is 41.6. The lowest BCUT2D eigenvalue weighted by molar-refractivity contribution is -0.119. The zero-order chi connectivity index (χ0) is 30.8. The number of carbonyl (C=O) groups is 3. The average Bonchev–Trinajstić information content (AvgIpc) is 3.80. The van der Waals surface area contributed by atoms with Gasteiger partial charge in [-0.15, -0.1) is 0 Å². The van der Waals surface area contributed by atoms with Crippen LogP contribution in [0.15, 0.2) is 95.4 Å². The number of ether oxygens (including phenoxy) is 1. The number of nitrogens with one attached hydrogen (secondary N) is 2. The number of furan rings is 1. The largest absolute Gasteiger partial charge is 0.455 e. The maximum Gasteiger partial charge on any atom is 0.258 e. The molecule has 1 aliphatic rings. The van der Waals surface area contributed by atoms with Crippen LogP contribution in [-0.2, 0) is 9.53 Å². The minimum absolute atomic E-state index is 0.125. The van der Waals surface area contributed by atoms with Crippen molar-refractivity contribution in [1.82, 2.24) is 5.32 Å². The number of fused-ring (bicyclic) bond motifs is 1. The summed E-state index contributed by atoms with van der Waals surface area (Å²) < 4.78 is 24.9. The molecule has 2 N–H and O–H groups in total. The van der Waals surface area contributed by atoms with Crippen molar-refractivity contribution in [1.29, 1.82) is 0 Å². The van der Waals surface area contributed by atoms with Crippen LogP contribution in [-0.4, -0.2) is 44.5 Å². The average molecular weight is 592 g/mol. The number of para-hydroxylation sites is 1. The van der Waals surface area contributed by atoms with Gasteiger partial charge >= 0.3 is 0 Å². The van der Waals surface area contributed by atoms with Gasteiger partial charge in [-0.05, 0) is 73.0 Å². The first-order chi connectivity index (χ1) is 21.4. The van der Waals surface area contributed by atoms with Crippen molar-refractivity contribution < 1.29 is 27.9 Å². The molecule has 0 bridgehead atoms. The molecule has 1 fully saturated rings. The molecule has 1 aromatic heterocycles. The number of hydrogen-bond donors (Lipinski definition) is 2. The van der Waals surface area contributed by atoms with Gasteiger partial charge < -0.3 is 24.7 Å². The van der Waals surface area contributed by atoms with Crippen molar-refractivity contribution in [2.75, 3.05) is 31.0 Å². The predicted molar refractivity (Wildman–Crippen MR) is 167 cm³/mol. The zero-order valence-electron chi connectivity index (χ0n) is 24.2. The fourth-order valence-corrected chi connectivity index (χ4v) is 5.33. The molecule has 8 nitrogen and oxygen atoms in total. The van der Waals surface area contributed by atoms with Gasteiger partial charge in [0.25, 0.3) is 11.8 Å². The number of benzene rings is 4. The highest BCUT2D eigenvalue weighted by Gasteiger charge is 2.34. The molecular weight excluding hydrogens is 561 g/mol. The Morgan fingerprint density at radius 3 is 2.36 bits per heavy atom. The lowest BCUT2D eigenvalue weighted by Crippen LogP contribution is -2.33. The van der Waals surface area contributed by atoms with Gasteiger partial charge in [-0.25, -0.2) is 4.39 Å². The Hall–Kier alpha value is -5.28. The van der Waals surface area contributed by atoms with Crippen molar-refractivity contribution >= 4 is 40.1 Å². The van der Waals surface area contributed by atoms with E-state index in [1.165, 1.54) is 38.4 Å². The molecule has 0 unspecified atom stereocenters.